The van der Waals surface area contributed by atoms with Gasteiger partial charge >= 0.3 is 0 Å². The summed E-state index contributed by atoms with van der Waals surface area (Å²) in [7, 11) is 0. The number of nitrogen functional groups attached to an aromatic ring is 1. The number of anilines is 1. The molecule has 2 N–H and O–H groups in total. The Morgan fingerprint density at radius 3 is 2.74 bits per heavy atom. The number of pyridine rings is 1. The van der Waals surface area contributed by atoms with Crippen molar-refractivity contribution in [2.45, 2.75) is 21.6 Å². The van der Waals surface area contributed by atoms with Gasteiger partial charge in [0, 0.05) is 20.9 Å². The van der Waals surface area contributed by atoms with Gasteiger partial charge in [-0.3, -0.25) is 4.98 Å². The molecule has 2 rings (SSSR count). The van der Waals surface area contributed by atoms with Gasteiger partial charge in [0.05, 0.1) is 17.4 Å². The molecule has 1 aromatic heterocycles. The van der Waals surface area contributed by atoms with Crippen molar-refractivity contribution >= 4 is 29.2 Å². The highest BCUT2D eigenvalue weighted by atomic mass is 32.2. The van der Waals surface area contributed by atoms with Gasteiger partial charge in [-0.2, -0.15) is 5.26 Å². The highest BCUT2D eigenvalue weighted by molar-refractivity contribution is 8.00. The molecule has 0 aliphatic carbocycles. The Morgan fingerprint density at radius 2 is 2.05 bits per heavy atom. The van der Waals surface area contributed by atoms with Crippen LogP contribution in [0.5, 0.6) is 0 Å². The first kappa shape index (κ1) is 13.8. The number of rotatable bonds is 4. The van der Waals surface area contributed by atoms with E-state index in [1.807, 2.05) is 24.3 Å². The van der Waals surface area contributed by atoms with Crippen LogP contribution in [0.3, 0.4) is 0 Å². The number of thioether (sulfide) groups is 1. The third-order valence-corrected chi connectivity index (χ3v) is 4.52. The quantitative estimate of drug-likeness (QED) is 0.867. The summed E-state index contributed by atoms with van der Waals surface area (Å²) in [6.07, 6.45) is 3.33. The van der Waals surface area contributed by atoms with E-state index in [9.17, 15) is 5.26 Å². The Kier molecular flexibility index (Phi) is 4.72. The van der Waals surface area contributed by atoms with Crippen LogP contribution in [0.1, 0.15) is 12.5 Å². The molecule has 0 unspecified atom stereocenters. The highest BCUT2D eigenvalue weighted by Crippen LogP contribution is 2.36. The average molecular weight is 287 g/mol. The molecule has 19 heavy (non-hydrogen) atoms. The fourth-order valence-corrected chi connectivity index (χ4v) is 3.38. The van der Waals surface area contributed by atoms with Crippen LogP contribution in [0.25, 0.3) is 0 Å². The Hall–Kier alpha value is -1.64. The van der Waals surface area contributed by atoms with Crippen molar-refractivity contribution in [2.75, 3.05) is 11.5 Å². The summed E-state index contributed by atoms with van der Waals surface area (Å²) >= 11 is 3.18. The summed E-state index contributed by atoms with van der Waals surface area (Å²) in [5.74, 6) is 0.945. The van der Waals surface area contributed by atoms with Crippen molar-refractivity contribution < 1.29 is 0 Å². The zero-order valence-electron chi connectivity index (χ0n) is 10.5. The lowest BCUT2D eigenvalue weighted by atomic mass is 10.2. The molecule has 96 valence electrons. The first-order valence-electron chi connectivity index (χ1n) is 5.79. The van der Waals surface area contributed by atoms with E-state index in [0.29, 0.717) is 5.69 Å². The molecule has 3 nitrogen and oxygen atoms in total. The Morgan fingerprint density at radius 1 is 1.26 bits per heavy atom. The minimum atomic E-state index is 0.630. The zero-order valence-corrected chi connectivity index (χ0v) is 12.1. The third-order valence-electron chi connectivity index (χ3n) is 2.43. The minimum absolute atomic E-state index is 0.630. The van der Waals surface area contributed by atoms with E-state index in [-0.39, 0.29) is 0 Å². The SMILES string of the molecule is CCSc1cccc(Sc2ccncc2N)c1C#N. The predicted octanol–water partition coefficient (Wildman–Crippen LogP) is 3.80. The summed E-state index contributed by atoms with van der Waals surface area (Å²) in [6.45, 7) is 2.08. The van der Waals surface area contributed by atoms with Gasteiger partial charge in [0.15, 0.2) is 0 Å². The van der Waals surface area contributed by atoms with Crippen molar-refractivity contribution in [3.05, 3.63) is 42.2 Å². The van der Waals surface area contributed by atoms with Gasteiger partial charge in [-0.05, 0) is 24.0 Å². The second-order valence-electron chi connectivity index (χ2n) is 3.69. The summed E-state index contributed by atoms with van der Waals surface area (Å²) in [5.41, 5.74) is 7.23. The lowest BCUT2D eigenvalue weighted by Crippen LogP contribution is -1.91. The normalized spacial score (nSPS) is 10.1. The zero-order chi connectivity index (χ0) is 13.7. The maximum absolute atomic E-state index is 9.35. The van der Waals surface area contributed by atoms with Crippen LogP contribution in [0.4, 0.5) is 5.69 Å². The maximum Gasteiger partial charge on any atom is 0.101 e. The molecule has 1 heterocycles. The standard InChI is InChI=1S/C14H13N3S2/c1-2-18-12-4-3-5-13(10(12)8-15)19-14-6-7-17-9-11(14)16/h3-7,9H,2,16H2,1H3. The van der Waals surface area contributed by atoms with Crippen molar-refractivity contribution in [3.8, 4) is 6.07 Å². The van der Waals surface area contributed by atoms with Crippen LogP contribution < -0.4 is 5.73 Å². The summed E-state index contributed by atoms with van der Waals surface area (Å²) in [4.78, 5) is 6.84. The Balaban J connectivity index is 2.38. The van der Waals surface area contributed by atoms with Crippen LogP contribution >= 0.6 is 23.5 Å². The van der Waals surface area contributed by atoms with E-state index in [0.717, 1.165) is 26.0 Å². The first-order valence-corrected chi connectivity index (χ1v) is 7.59. The van der Waals surface area contributed by atoms with Crippen molar-refractivity contribution in [1.82, 2.24) is 4.98 Å². The van der Waals surface area contributed by atoms with E-state index in [1.165, 1.54) is 11.8 Å². The molecule has 0 amide bonds. The molecule has 0 aliphatic heterocycles. The molecule has 5 heteroatoms. The van der Waals surface area contributed by atoms with Gasteiger partial charge < -0.3 is 5.73 Å². The Labute approximate surface area is 121 Å². The lowest BCUT2D eigenvalue weighted by molar-refractivity contribution is 1.24. The van der Waals surface area contributed by atoms with Gasteiger partial charge in [0.2, 0.25) is 0 Å². The maximum atomic E-state index is 9.35. The summed E-state index contributed by atoms with van der Waals surface area (Å²) < 4.78 is 0. The molecule has 0 spiro atoms. The molecule has 0 atom stereocenters. The van der Waals surface area contributed by atoms with Crippen LogP contribution in [0, 0.1) is 11.3 Å². The van der Waals surface area contributed by atoms with Gasteiger partial charge in [-0.15, -0.1) is 11.8 Å². The van der Waals surface area contributed by atoms with Crippen molar-refractivity contribution in [1.29, 1.82) is 5.26 Å². The molecule has 0 fully saturated rings. The summed E-state index contributed by atoms with van der Waals surface area (Å²) in [5, 5.41) is 9.35. The molecule has 0 bridgehead atoms. The molecular weight excluding hydrogens is 274 g/mol. The van der Waals surface area contributed by atoms with Gasteiger partial charge in [-0.1, -0.05) is 24.8 Å². The molecule has 1 aromatic carbocycles. The van der Waals surface area contributed by atoms with Crippen LogP contribution in [0.15, 0.2) is 51.3 Å². The largest absolute Gasteiger partial charge is 0.397 e. The van der Waals surface area contributed by atoms with Gasteiger partial charge in [-0.25, -0.2) is 0 Å². The minimum Gasteiger partial charge on any atom is -0.397 e. The molecule has 2 aromatic rings. The monoisotopic (exact) mass is 287 g/mol. The number of hydrogen-bond acceptors (Lipinski definition) is 5. The number of benzene rings is 1. The van der Waals surface area contributed by atoms with E-state index < -0.39 is 0 Å². The van der Waals surface area contributed by atoms with Crippen LogP contribution in [-0.4, -0.2) is 10.7 Å². The average Bonchev–Trinajstić information content (AvgIpc) is 2.42. The number of aromatic nitrogens is 1. The third kappa shape index (κ3) is 3.22. The smallest absolute Gasteiger partial charge is 0.101 e. The van der Waals surface area contributed by atoms with Crippen LogP contribution in [-0.2, 0) is 0 Å². The molecule has 0 radical (unpaired) electrons. The first-order chi connectivity index (χ1) is 9.26. The number of nitrogens with two attached hydrogens (primary N) is 1. The molecular formula is C14H13N3S2. The lowest BCUT2D eigenvalue weighted by Gasteiger charge is -2.09. The highest BCUT2D eigenvalue weighted by Gasteiger charge is 2.10. The van der Waals surface area contributed by atoms with E-state index >= 15 is 0 Å². The van der Waals surface area contributed by atoms with E-state index in [4.69, 9.17) is 5.73 Å². The Bertz CT molecular complexity index is 620. The second-order valence-corrected chi connectivity index (χ2v) is 6.08. The predicted molar refractivity (Wildman–Crippen MR) is 80.3 cm³/mol. The van der Waals surface area contributed by atoms with Crippen molar-refractivity contribution in [2.24, 2.45) is 0 Å². The van der Waals surface area contributed by atoms with Crippen molar-refractivity contribution in [3.63, 3.8) is 0 Å². The molecule has 0 aliphatic rings. The fraction of sp³-hybridized carbons (Fsp3) is 0.143. The number of nitrogens with zero attached hydrogens (tertiary/aromatic N) is 2. The fourth-order valence-electron chi connectivity index (χ4n) is 1.59. The molecule has 0 saturated carbocycles. The number of nitriles is 1. The molecule has 0 saturated heterocycles. The van der Waals surface area contributed by atoms with Crippen LogP contribution in [0.2, 0.25) is 0 Å². The van der Waals surface area contributed by atoms with E-state index in [1.54, 1.807) is 24.2 Å². The van der Waals surface area contributed by atoms with Gasteiger partial charge in [0.1, 0.15) is 6.07 Å². The topological polar surface area (TPSA) is 62.7 Å². The van der Waals surface area contributed by atoms with Gasteiger partial charge in [0.25, 0.3) is 0 Å². The summed E-state index contributed by atoms with van der Waals surface area (Å²) in [6, 6.07) is 10.0. The van der Waals surface area contributed by atoms with E-state index in [2.05, 4.69) is 18.0 Å². The second kappa shape index (κ2) is 6.50. The number of hydrogen-bond donors (Lipinski definition) is 1.